The number of aryl methyl sites for hydroxylation is 2. The number of hydrogen-bond acceptors (Lipinski definition) is 11. The van der Waals surface area contributed by atoms with Crippen LogP contribution < -0.4 is 14.2 Å². The van der Waals surface area contributed by atoms with Gasteiger partial charge in [-0.05, 0) is 89.4 Å². The molecule has 0 spiro atoms. The van der Waals surface area contributed by atoms with Crippen molar-refractivity contribution in [2.45, 2.75) is 81.9 Å². The number of sulfonamides is 2. The maximum absolute atomic E-state index is 14.4. The molecule has 4 rings (SSSR count). The molecule has 2 aromatic carbocycles. The molecule has 0 bridgehead atoms. The lowest BCUT2D eigenvalue weighted by atomic mass is 10.0. The Labute approximate surface area is 294 Å². The van der Waals surface area contributed by atoms with E-state index in [1.807, 2.05) is 13.8 Å². The van der Waals surface area contributed by atoms with Gasteiger partial charge in [0.25, 0.3) is 15.9 Å². The molecular weight excluding hydrogens is 689 g/mol. The van der Waals surface area contributed by atoms with E-state index in [1.165, 1.54) is 61.5 Å². The van der Waals surface area contributed by atoms with Gasteiger partial charge in [-0.2, -0.15) is 4.31 Å². The first-order chi connectivity index (χ1) is 23.6. The summed E-state index contributed by atoms with van der Waals surface area (Å²) in [5.74, 6) is 0.0185. The molecule has 2 N–H and O–H groups in total. The number of aliphatic hydroxyl groups excluding tert-OH is 1. The van der Waals surface area contributed by atoms with Crippen LogP contribution in [0, 0.1) is 19.8 Å². The van der Waals surface area contributed by atoms with Crippen molar-refractivity contribution >= 4 is 31.6 Å². The van der Waals surface area contributed by atoms with Crippen LogP contribution >= 0.6 is 0 Å². The third-order valence-electron chi connectivity index (χ3n) is 8.75. The highest BCUT2D eigenvalue weighted by Crippen LogP contribution is 2.31. The van der Waals surface area contributed by atoms with E-state index in [1.54, 1.807) is 25.1 Å². The van der Waals surface area contributed by atoms with Crippen molar-refractivity contribution in [2.24, 2.45) is 5.92 Å². The fourth-order valence-electron chi connectivity index (χ4n) is 5.79. The molecule has 1 aliphatic rings. The Kier molecular flexibility index (Phi) is 12.9. The Bertz CT molecular complexity index is 1810. The third-order valence-corrected chi connectivity index (χ3v) is 12.2. The van der Waals surface area contributed by atoms with E-state index in [0.717, 1.165) is 6.42 Å². The number of amides is 1. The Balaban J connectivity index is 1.68. The van der Waals surface area contributed by atoms with Crippen molar-refractivity contribution in [3.63, 3.8) is 0 Å². The van der Waals surface area contributed by atoms with Gasteiger partial charge in [-0.25, -0.2) is 16.8 Å². The normalized spacial score (nSPS) is 20.5. The average Bonchev–Trinajstić information content (AvgIpc) is 3.43. The molecule has 1 aromatic heterocycles. The Morgan fingerprint density at radius 2 is 1.80 bits per heavy atom. The number of rotatable bonds is 10. The van der Waals surface area contributed by atoms with Crippen LogP contribution in [-0.2, 0) is 24.8 Å². The maximum atomic E-state index is 14.4. The largest absolute Gasteiger partial charge is 0.497 e. The standard InChI is InChI=1S/C34H48N4O10S2/c1-22-19-38(23(2)21-39)34(40)30-18-27(36-49(41,42)33-25(4)35-48-26(33)5)11-16-31(30)47-24(3)10-8-9-17-46-32(22)20-37(6)50(43,44)29-14-12-28(45-7)13-15-29/h11-16,18,22-24,32,36,39H,8-10,17,19-21H2,1-7H3/t22-,23+,24-,32+/m0/s1. The summed E-state index contributed by atoms with van der Waals surface area (Å²) < 4.78 is 80.2. The highest BCUT2D eigenvalue weighted by molar-refractivity contribution is 7.92. The molecule has 0 aliphatic carbocycles. The van der Waals surface area contributed by atoms with Crippen LogP contribution in [0.25, 0.3) is 0 Å². The molecule has 0 saturated heterocycles. The highest BCUT2D eigenvalue weighted by Gasteiger charge is 2.33. The molecule has 0 unspecified atom stereocenters. The smallest absolute Gasteiger partial charge is 0.267 e. The zero-order valence-electron chi connectivity index (χ0n) is 29.6. The molecule has 0 radical (unpaired) electrons. The van der Waals surface area contributed by atoms with Gasteiger partial charge in [0.05, 0.1) is 42.4 Å². The fraction of sp³-hybridized carbons (Fsp3) is 0.529. The number of hydrogen-bond donors (Lipinski definition) is 2. The van der Waals surface area contributed by atoms with Crippen molar-refractivity contribution < 1.29 is 45.5 Å². The van der Waals surface area contributed by atoms with E-state index in [0.29, 0.717) is 25.2 Å². The molecule has 0 saturated carbocycles. The van der Waals surface area contributed by atoms with Gasteiger partial charge < -0.3 is 28.7 Å². The number of anilines is 1. The summed E-state index contributed by atoms with van der Waals surface area (Å²) in [4.78, 5) is 15.9. The Hall–Kier alpha value is -3.70. The Morgan fingerprint density at radius 3 is 2.42 bits per heavy atom. The van der Waals surface area contributed by atoms with Gasteiger partial charge in [0.15, 0.2) is 10.7 Å². The van der Waals surface area contributed by atoms with Crippen LogP contribution in [0.4, 0.5) is 5.69 Å². The number of benzene rings is 2. The molecule has 0 fully saturated rings. The second kappa shape index (κ2) is 16.5. The van der Waals surface area contributed by atoms with Crippen molar-refractivity contribution in [1.29, 1.82) is 0 Å². The van der Waals surface area contributed by atoms with Crippen LogP contribution in [0.5, 0.6) is 11.5 Å². The molecule has 14 nitrogen and oxygen atoms in total. The topological polar surface area (TPSA) is 178 Å². The summed E-state index contributed by atoms with van der Waals surface area (Å²) in [5, 5.41) is 14.0. The van der Waals surface area contributed by atoms with Crippen molar-refractivity contribution in [1.82, 2.24) is 14.4 Å². The summed E-state index contributed by atoms with van der Waals surface area (Å²) in [6.45, 7) is 8.56. The molecule has 50 heavy (non-hydrogen) atoms. The second-order valence-corrected chi connectivity index (χ2v) is 16.4. The first kappa shape index (κ1) is 39.1. The lowest BCUT2D eigenvalue weighted by Gasteiger charge is -2.35. The number of carbonyl (C=O) groups excluding carboxylic acids is 1. The first-order valence-electron chi connectivity index (χ1n) is 16.5. The summed E-state index contributed by atoms with van der Waals surface area (Å²) >= 11 is 0. The molecule has 276 valence electrons. The number of methoxy groups -OCH3 is 1. The van der Waals surface area contributed by atoms with E-state index in [-0.39, 0.29) is 64.0 Å². The van der Waals surface area contributed by atoms with E-state index < -0.39 is 44.0 Å². The van der Waals surface area contributed by atoms with Gasteiger partial charge in [-0.1, -0.05) is 12.1 Å². The number of aliphatic hydroxyl groups is 1. The third kappa shape index (κ3) is 9.15. The minimum Gasteiger partial charge on any atom is -0.497 e. The fourth-order valence-corrected chi connectivity index (χ4v) is 8.36. The zero-order valence-corrected chi connectivity index (χ0v) is 31.2. The van der Waals surface area contributed by atoms with E-state index in [2.05, 4.69) is 9.88 Å². The van der Waals surface area contributed by atoms with Crippen molar-refractivity contribution in [3.05, 3.63) is 59.5 Å². The number of nitrogens with one attached hydrogen (secondary N) is 1. The molecule has 1 aliphatic heterocycles. The number of nitrogens with zero attached hydrogens (tertiary/aromatic N) is 3. The molecule has 16 heteroatoms. The van der Waals surface area contributed by atoms with Crippen LogP contribution in [-0.4, -0.2) is 101 Å². The average molecular weight is 737 g/mol. The van der Waals surface area contributed by atoms with Gasteiger partial charge in [0, 0.05) is 38.3 Å². The predicted molar refractivity (Wildman–Crippen MR) is 186 cm³/mol. The molecule has 4 atom stereocenters. The maximum Gasteiger partial charge on any atom is 0.267 e. The number of aromatic nitrogens is 1. The number of likely N-dealkylation sites (N-methyl/N-ethyl adjacent to an activating group) is 1. The van der Waals surface area contributed by atoms with Crippen LogP contribution in [0.2, 0.25) is 0 Å². The number of fused-ring (bicyclic) bond motifs is 1. The summed E-state index contributed by atoms with van der Waals surface area (Å²) in [5.41, 5.74) is 0.403. The summed E-state index contributed by atoms with van der Waals surface area (Å²) in [6.07, 6.45) is 1.16. The summed E-state index contributed by atoms with van der Waals surface area (Å²) in [6, 6.07) is 9.95. The molecular formula is C34H48N4O10S2. The van der Waals surface area contributed by atoms with Gasteiger partial charge in [-0.3, -0.25) is 9.52 Å². The minimum absolute atomic E-state index is 0.00873. The van der Waals surface area contributed by atoms with Crippen LogP contribution in [0.15, 0.2) is 56.8 Å². The van der Waals surface area contributed by atoms with Crippen molar-refractivity contribution in [2.75, 3.05) is 45.2 Å². The summed E-state index contributed by atoms with van der Waals surface area (Å²) in [7, 11) is -5.02. The van der Waals surface area contributed by atoms with E-state index in [9.17, 15) is 26.7 Å². The monoisotopic (exact) mass is 736 g/mol. The number of ether oxygens (including phenoxy) is 3. The van der Waals surface area contributed by atoms with Crippen molar-refractivity contribution in [3.8, 4) is 11.5 Å². The van der Waals surface area contributed by atoms with Gasteiger partial charge in [0.1, 0.15) is 17.2 Å². The second-order valence-electron chi connectivity index (χ2n) is 12.7. The molecule has 1 amide bonds. The van der Waals surface area contributed by atoms with Crippen LogP contribution in [0.3, 0.4) is 0 Å². The van der Waals surface area contributed by atoms with Gasteiger partial charge >= 0.3 is 0 Å². The number of carbonyl (C=O) groups is 1. The predicted octanol–water partition coefficient (Wildman–Crippen LogP) is 4.22. The minimum atomic E-state index is -4.12. The van der Waals surface area contributed by atoms with Crippen LogP contribution in [0.1, 0.15) is 61.8 Å². The molecule has 3 aromatic rings. The van der Waals surface area contributed by atoms with Gasteiger partial charge in [0.2, 0.25) is 10.0 Å². The van der Waals surface area contributed by atoms with E-state index in [4.69, 9.17) is 18.7 Å². The Morgan fingerprint density at radius 1 is 1.10 bits per heavy atom. The SMILES string of the molecule is COc1ccc(S(=O)(=O)N(C)C[C@H]2OCCCC[C@H](C)Oc3ccc(NS(=O)(=O)c4c(C)noc4C)cc3C(=O)N([C@H](C)CO)C[C@@H]2C)cc1. The van der Waals surface area contributed by atoms with Gasteiger partial charge in [-0.15, -0.1) is 0 Å². The van der Waals surface area contributed by atoms with E-state index >= 15 is 0 Å². The lowest BCUT2D eigenvalue weighted by Crippen LogP contribution is -2.48. The quantitative estimate of drug-likeness (QED) is 0.305. The first-order valence-corrected chi connectivity index (χ1v) is 19.4. The highest BCUT2D eigenvalue weighted by atomic mass is 32.2. The lowest BCUT2D eigenvalue weighted by molar-refractivity contribution is -0.00834. The molecule has 2 heterocycles. The zero-order chi connectivity index (χ0) is 36.8.